The Morgan fingerprint density at radius 1 is 0.939 bits per heavy atom. The van der Waals surface area contributed by atoms with Crippen LogP contribution in [0.1, 0.15) is 37.4 Å². The maximum absolute atomic E-state index is 12.2. The van der Waals surface area contributed by atoms with Gasteiger partial charge < -0.3 is 14.4 Å². The predicted molar refractivity (Wildman–Crippen MR) is 130 cm³/mol. The third kappa shape index (κ3) is 5.51. The Morgan fingerprint density at radius 2 is 1.55 bits per heavy atom. The molecule has 1 aliphatic rings. The zero-order valence-corrected chi connectivity index (χ0v) is 19.9. The van der Waals surface area contributed by atoms with Gasteiger partial charge >= 0.3 is 5.97 Å². The number of piperazine rings is 1. The maximum Gasteiger partial charge on any atom is 0.347 e. The third-order valence-corrected chi connectivity index (χ3v) is 6.33. The number of carbonyl (C=O) groups excluding carboxylic acids is 1. The molecule has 3 aromatic rings. The average Bonchev–Trinajstić information content (AvgIpc) is 3.33. The van der Waals surface area contributed by atoms with E-state index in [9.17, 15) is 4.79 Å². The van der Waals surface area contributed by atoms with E-state index in [0.29, 0.717) is 24.7 Å². The van der Waals surface area contributed by atoms with Crippen molar-refractivity contribution < 1.29 is 14.3 Å². The highest BCUT2D eigenvalue weighted by atomic mass is 32.1. The van der Waals surface area contributed by atoms with E-state index in [4.69, 9.17) is 9.47 Å². The SMILES string of the molecule is CCOC(=O)C(CC)Oc1nsnc1N1CCN(C(c2ccccc2)c2ccccc2)CC1. The molecule has 1 fully saturated rings. The van der Waals surface area contributed by atoms with E-state index in [1.54, 1.807) is 6.92 Å². The molecule has 1 unspecified atom stereocenters. The number of esters is 1. The van der Waals surface area contributed by atoms with Crippen molar-refractivity contribution in [1.29, 1.82) is 0 Å². The molecule has 2 heterocycles. The zero-order valence-electron chi connectivity index (χ0n) is 19.1. The predicted octanol–water partition coefficient (Wildman–Crippen LogP) is 4.17. The van der Waals surface area contributed by atoms with E-state index in [1.807, 2.05) is 6.92 Å². The number of carbonyl (C=O) groups is 1. The zero-order chi connectivity index (χ0) is 23.0. The summed E-state index contributed by atoms with van der Waals surface area (Å²) < 4.78 is 19.8. The van der Waals surface area contributed by atoms with Gasteiger partial charge in [-0.25, -0.2) is 4.79 Å². The van der Waals surface area contributed by atoms with Gasteiger partial charge in [-0.3, -0.25) is 4.90 Å². The lowest BCUT2D eigenvalue weighted by molar-refractivity contribution is -0.151. The monoisotopic (exact) mass is 466 g/mol. The van der Waals surface area contributed by atoms with Gasteiger partial charge in [0.05, 0.1) is 24.4 Å². The molecule has 0 radical (unpaired) electrons. The minimum atomic E-state index is -0.672. The van der Waals surface area contributed by atoms with Crippen LogP contribution in [0.4, 0.5) is 5.82 Å². The third-order valence-electron chi connectivity index (χ3n) is 5.83. The lowest BCUT2D eigenvalue weighted by Crippen LogP contribution is -2.48. The van der Waals surface area contributed by atoms with E-state index in [1.165, 1.54) is 11.1 Å². The Kier molecular flexibility index (Phi) is 7.91. The average molecular weight is 467 g/mol. The Hall–Kier alpha value is -2.97. The van der Waals surface area contributed by atoms with Crippen LogP contribution in [0.3, 0.4) is 0 Å². The van der Waals surface area contributed by atoms with Crippen molar-refractivity contribution in [2.75, 3.05) is 37.7 Å². The number of anilines is 1. The van der Waals surface area contributed by atoms with Gasteiger partial charge in [0.1, 0.15) is 0 Å². The van der Waals surface area contributed by atoms with Gasteiger partial charge in [-0.1, -0.05) is 67.6 Å². The van der Waals surface area contributed by atoms with Gasteiger partial charge in [0, 0.05) is 26.2 Å². The van der Waals surface area contributed by atoms with Crippen molar-refractivity contribution in [1.82, 2.24) is 13.6 Å². The quantitative estimate of drug-likeness (QED) is 0.439. The lowest BCUT2D eigenvalue weighted by atomic mass is 9.96. The second-order valence-electron chi connectivity index (χ2n) is 7.91. The minimum Gasteiger partial charge on any atom is -0.463 e. The van der Waals surface area contributed by atoms with Crippen molar-refractivity contribution in [2.24, 2.45) is 0 Å². The largest absolute Gasteiger partial charge is 0.463 e. The topological polar surface area (TPSA) is 67.8 Å². The first-order valence-electron chi connectivity index (χ1n) is 11.5. The van der Waals surface area contributed by atoms with Gasteiger partial charge in [0.15, 0.2) is 6.10 Å². The van der Waals surface area contributed by atoms with Crippen LogP contribution in [0.2, 0.25) is 0 Å². The second-order valence-corrected chi connectivity index (χ2v) is 8.44. The molecule has 4 rings (SSSR count). The molecule has 0 N–H and O–H groups in total. The fourth-order valence-corrected chi connectivity index (χ4v) is 4.70. The summed E-state index contributed by atoms with van der Waals surface area (Å²) >= 11 is 1.11. The van der Waals surface area contributed by atoms with Crippen LogP contribution in [-0.4, -0.2) is 58.5 Å². The molecule has 1 aromatic heterocycles. The highest BCUT2D eigenvalue weighted by Crippen LogP contribution is 2.32. The van der Waals surface area contributed by atoms with Gasteiger partial charge in [-0.15, -0.1) is 4.37 Å². The lowest BCUT2D eigenvalue weighted by Gasteiger charge is -2.40. The first-order chi connectivity index (χ1) is 16.2. The number of hydrogen-bond acceptors (Lipinski definition) is 8. The number of aromatic nitrogens is 2. The molecule has 1 aliphatic heterocycles. The summed E-state index contributed by atoms with van der Waals surface area (Å²) in [5, 5.41) is 0. The standard InChI is InChI=1S/C25H30N4O3S/c1-3-21(25(30)31-4-2)32-24-23(26-33-27-24)29-17-15-28(16-18-29)22(19-11-7-5-8-12-19)20-13-9-6-10-14-20/h5-14,21-22H,3-4,15-18H2,1-2H3. The second kappa shape index (κ2) is 11.2. The number of rotatable bonds is 9. The Morgan fingerprint density at radius 3 is 2.09 bits per heavy atom. The molecule has 0 saturated carbocycles. The van der Waals surface area contributed by atoms with Gasteiger partial charge in [-0.05, 0) is 24.5 Å². The fourth-order valence-electron chi connectivity index (χ4n) is 4.19. The Labute approximate surface area is 199 Å². The number of benzene rings is 2. The Balaban J connectivity index is 1.47. The summed E-state index contributed by atoms with van der Waals surface area (Å²) in [6.45, 7) is 7.36. The number of nitrogens with zero attached hydrogens (tertiary/aromatic N) is 4. The minimum absolute atomic E-state index is 0.201. The molecule has 7 nitrogen and oxygen atoms in total. The summed E-state index contributed by atoms with van der Waals surface area (Å²) in [4.78, 5) is 16.9. The Bertz CT molecular complexity index is 967. The van der Waals surface area contributed by atoms with Crippen molar-refractivity contribution in [2.45, 2.75) is 32.4 Å². The van der Waals surface area contributed by atoms with Gasteiger partial charge in [-0.2, -0.15) is 4.37 Å². The van der Waals surface area contributed by atoms with E-state index in [0.717, 1.165) is 37.9 Å². The highest BCUT2D eigenvalue weighted by molar-refractivity contribution is 6.99. The first-order valence-corrected chi connectivity index (χ1v) is 12.2. The fraction of sp³-hybridized carbons (Fsp3) is 0.400. The van der Waals surface area contributed by atoms with Crippen LogP contribution in [0.25, 0.3) is 0 Å². The first kappa shape index (κ1) is 23.2. The van der Waals surface area contributed by atoms with E-state index in [-0.39, 0.29) is 12.0 Å². The normalized spacial score (nSPS) is 15.4. The molecule has 0 bridgehead atoms. The summed E-state index contributed by atoms with van der Waals surface area (Å²) in [5.74, 6) is 0.756. The molecule has 1 saturated heterocycles. The van der Waals surface area contributed by atoms with Crippen LogP contribution in [0, 0.1) is 0 Å². The molecule has 0 amide bonds. The molecule has 0 aliphatic carbocycles. The molecule has 0 spiro atoms. The van der Waals surface area contributed by atoms with Crippen LogP contribution in [0.5, 0.6) is 5.88 Å². The molecular formula is C25H30N4O3S. The van der Waals surface area contributed by atoms with Crippen molar-refractivity contribution in [3.63, 3.8) is 0 Å². The summed E-state index contributed by atoms with van der Waals surface area (Å²) in [5.41, 5.74) is 2.58. The summed E-state index contributed by atoms with van der Waals surface area (Å²) in [7, 11) is 0. The smallest absolute Gasteiger partial charge is 0.347 e. The maximum atomic E-state index is 12.2. The van der Waals surface area contributed by atoms with Gasteiger partial charge in [0.2, 0.25) is 5.82 Å². The molecule has 2 aromatic carbocycles. The van der Waals surface area contributed by atoms with Gasteiger partial charge in [0.25, 0.3) is 5.88 Å². The van der Waals surface area contributed by atoms with Crippen molar-refractivity contribution in [3.05, 3.63) is 71.8 Å². The molecule has 1 atom stereocenters. The molecular weight excluding hydrogens is 436 g/mol. The molecule has 174 valence electrons. The summed E-state index contributed by atoms with van der Waals surface area (Å²) in [6.07, 6.45) is -0.159. The van der Waals surface area contributed by atoms with Crippen LogP contribution in [0.15, 0.2) is 60.7 Å². The molecule has 33 heavy (non-hydrogen) atoms. The molecule has 8 heteroatoms. The number of hydrogen-bond donors (Lipinski definition) is 0. The van der Waals surface area contributed by atoms with Crippen molar-refractivity contribution in [3.8, 4) is 5.88 Å². The van der Waals surface area contributed by atoms with E-state index < -0.39 is 6.10 Å². The van der Waals surface area contributed by atoms with E-state index in [2.05, 4.69) is 79.2 Å². The number of ether oxygens (including phenoxy) is 2. The summed E-state index contributed by atoms with van der Waals surface area (Å²) in [6, 6.07) is 21.5. The van der Waals surface area contributed by atoms with E-state index >= 15 is 0 Å². The van der Waals surface area contributed by atoms with Crippen LogP contribution < -0.4 is 9.64 Å². The van der Waals surface area contributed by atoms with Crippen molar-refractivity contribution >= 4 is 23.5 Å². The highest BCUT2D eigenvalue weighted by Gasteiger charge is 2.30. The van der Waals surface area contributed by atoms with Crippen LogP contribution >= 0.6 is 11.7 Å². The van der Waals surface area contributed by atoms with Crippen LogP contribution in [-0.2, 0) is 9.53 Å².